The number of likely N-dealkylation sites (tertiary alicyclic amines) is 1. The van der Waals surface area contributed by atoms with Gasteiger partial charge >= 0.3 is 0 Å². The van der Waals surface area contributed by atoms with Crippen molar-refractivity contribution in [1.82, 2.24) is 15.5 Å². The summed E-state index contributed by atoms with van der Waals surface area (Å²) in [5, 5.41) is 14.7. The number of aliphatic hydroxyl groups excluding tert-OH is 1. The van der Waals surface area contributed by atoms with Crippen molar-refractivity contribution in [3.63, 3.8) is 0 Å². The molecule has 29 heavy (non-hydrogen) atoms. The number of nitrogens with one attached hydrogen (secondary N) is 2. The Kier molecular flexibility index (Phi) is 6.32. The summed E-state index contributed by atoms with van der Waals surface area (Å²) < 4.78 is 6.34. The Morgan fingerprint density at radius 1 is 1.28 bits per heavy atom. The molecule has 3 saturated heterocycles. The summed E-state index contributed by atoms with van der Waals surface area (Å²) in [6.45, 7) is 6.20. The lowest BCUT2D eigenvalue weighted by Gasteiger charge is -2.35. The highest BCUT2D eigenvalue weighted by molar-refractivity contribution is 9.09. The van der Waals surface area contributed by atoms with Crippen molar-refractivity contribution in [3.05, 3.63) is 0 Å². The Hall–Kier alpha value is -1.19. The van der Waals surface area contributed by atoms with Gasteiger partial charge in [0.2, 0.25) is 17.7 Å². The first-order chi connectivity index (χ1) is 13.6. The van der Waals surface area contributed by atoms with Gasteiger partial charge in [-0.25, -0.2) is 0 Å². The summed E-state index contributed by atoms with van der Waals surface area (Å²) in [5.41, 5.74) is -1.46. The number of unbranched alkanes of at least 4 members (excludes halogenated alkanes) is 2. The molecule has 0 aliphatic carbocycles. The molecule has 8 nitrogen and oxygen atoms in total. The minimum Gasteiger partial charge on any atom is -0.396 e. The van der Waals surface area contributed by atoms with Crippen molar-refractivity contribution >= 4 is 33.7 Å². The standard InChI is InChI=1S/C20H32BrN3O5/c1-19(2,3)23-17(27)15-20-10-11(21)14(29-20)12(16(26)22-4)13(20)18(28)24(15)8-6-5-7-9-25/h11-15,25H,5-10H2,1-4H3,(H,22,26)(H,23,27)/t11?,12-,13+,14-,15?,20?/m1/s1. The zero-order valence-electron chi connectivity index (χ0n) is 17.5. The topological polar surface area (TPSA) is 108 Å². The van der Waals surface area contributed by atoms with Crippen LogP contribution in [0.2, 0.25) is 0 Å². The molecule has 3 heterocycles. The largest absolute Gasteiger partial charge is 0.396 e. The Labute approximate surface area is 180 Å². The van der Waals surface area contributed by atoms with E-state index in [2.05, 4.69) is 26.6 Å². The van der Waals surface area contributed by atoms with Gasteiger partial charge in [-0.15, -0.1) is 0 Å². The maximum atomic E-state index is 13.5. The molecule has 3 unspecified atom stereocenters. The molecular weight excluding hydrogens is 442 g/mol. The second kappa shape index (κ2) is 8.15. The molecule has 0 radical (unpaired) electrons. The SMILES string of the molecule is CNC(=O)[C@H]1[C@@H]2OC3(CC2Br)C(C(=O)NC(C)(C)C)N(CCCCCO)C(=O)[C@H]13. The number of aliphatic hydroxyl groups is 1. The molecule has 3 N–H and O–H groups in total. The van der Waals surface area contributed by atoms with E-state index in [1.54, 1.807) is 11.9 Å². The van der Waals surface area contributed by atoms with Crippen LogP contribution in [0.5, 0.6) is 0 Å². The van der Waals surface area contributed by atoms with E-state index in [0.29, 0.717) is 25.8 Å². The van der Waals surface area contributed by atoms with Crippen LogP contribution in [0.1, 0.15) is 46.5 Å². The molecule has 0 aromatic heterocycles. The van der Waals surface area contributed by atoms with Crippen molar-refractivity contribution in [2.75, 3.05) is 20.2 Å². The minimum atomic E-state index is -1.00. The Morgan fingerprint density at radius 3 is 2.55 bits per heavy atom. The fourth-order valence-electron chi connectivity index (χ4n) is 5.15. The Balaban J connectivity index is 1.96. The highest BCUT2D eigenvalue weighted by Crippen LogP contribution is 2.60. The smallest absolute Gasteiger partial charge is 0.246 e. The van der Waals surface area contributed by atoms with E-state index >= 15 is 0 Å². The molecule has 3 fully saturated rings. The van der Waals surface area contributed by atoms with Gasteiger partial charge in [0, 0.05) is 30.6 Å². The minimum absolute atomic E-state index is 0.0897. The van der Waals surface area contributed by atoms with Crippen molar-refractivity contribution in [2.24, 2.45) is 11.8 Å². The molecule has 1 spiro atoms. The van der Waals surface area contributed by atoms with Crippen molar-refractivity contribution in [1.29, 1.82) is 0 Å². The fourth-order valence-corrected chi connectivity index (χ4v) is 6.09. The summed E-state index contributed by atoms with van der Waals surface area (Å²) in [4.78, 5) is 41.0. The Bertz CT molecular complexity index is 682. The number of alkyl halides is 1. The normalized spacial score (nSPS) is 35.7. The van der Waals surface area contributed by atoms with E-state index in [1.165, 1.54) is 0 Å². The lowest BCUT2D eigenvalue weighted by molar-refractivity contribution is -0.142. The number of fused-ring (bicyclic) bond motifs is 1. The van der Waals surface area contributed by atoms with Crippen LogP contribution in [0.3, 0.4) is 0 Å². The summed E-state index contributed by atoms with van der Waals surface area (Å²) in [6.07, 6.45) is 2.18. The van der Waals surface area contributed by atoms with E-state index in [-0.39, 0.29) is 29.2 Å². The van der Waals surface area contributed by atoms with Crippen LogP contribution in [-0.2, 0) is 19.1 Å². The molecule has 3 rings (SSSR count). The van der Waals surface area contributed by atoms with E-state index in [1.807, 2.05) is 20.8 Å². The Morgan fingerprint density at radius 2 is 1.97 bits per heavy atom. The van der Waals surface area contributed by atoms with E-state index in [9.17, 15) is 14.4 Å². The number of ether oxygens (including phenoxy) is 1. The molecule has 3 amide bonds. The fraction of sp³-hybridized carbons (Fsp3) is 0.850. The third kappa shape index (κ3) is 3.81. The highest BCUT2D eigenvalue weighted by atomic mass is 79.9. The maximum Gasteiger partial charge on any atom is 0.246 e. The second-order valence-corrected chi connectivity index (χ2v) is 10.5. The monoisotopic (exact) mass is 473 g/mol. The molecule has 0 aromatic carbocycles. The summed E-state index contributed by atoms with van der Waals surface area (Å²) in [6, 6.07) is -0.770. The number of carbonyl (C=O) groups is 3. The van der Waals surface area contributed by atoms with Crippen LogP contribution in [-0.4, -0.2) is 76.0 Å². The number of amides is 3. The lowest BCUT2D eigenvalue weighted by atomic mass is 9.70. The quantitative estimate of drug-likeness (QED) is 0.369. The molecule has 2 bridgehead atoms. The number of nitrogens with zero attached hydrogens (tertiary/aromatic N) is 1. The van der Waals surface area contributed by atoms with E-state index in [0.717, 1.165) is 6.42 Å². The van der Waals surface area contributed by atoms with Crippen molar-refractivity contribution in [2.45, 2.75) is 74.6 Å². The summed E-state index contributed by atoms with van der Waals surface area (Å²) in [7, 11) is 1.56. The molecule has 3 aliphatic heterocycles. The molecule has 9 heteroatoms. The third-order valence-corrected chi connectivity index (χ3v) is 6.99. The average Bonchev–Trinajstić information content (AvgIpc) is 3.20. The second-order valence-electron chi connectivity index (χ2n) is 9.33. The number of hydrogen-bond donors (Lipinski definition) is 3. The van der Waals surface area contributed by atoms with Gasteiger partial charge in [0.05, 0.1) is 17.9 Å². The van der Waals surface area contributed by atoms with Gasteiger partial charge in [-0.1, -0.05) is 15.9 Å². The zero-order valence-corrected chi connectivity index (χ0v) is 19.1. The molecule has 0 saturated carbocycles. The van der Waals surface area contributed by atoms with Crippen LogP contribution in [0.25, 0.3) is 0 Å². The summed E-state index contributed by atoms with van der Waals surface area (Å²) in [5.74, 6) is -1.92. The van der Waals surface area contributed by atoms with Crippen molar-refractivity contribution < 1.29 is 24.2 Å². The number of carbonyl (C=O) groups excluding carboxylic acids is 3. The maximum absolute atomic E-state index is 13.5. The first kappa shape index (κ1) is 22.5. The highest BCUT2D eigenvalue weighted by Gasteiger charge is 2.76. The van der Waals surface area contributed by atoms with E-state index < -0.39 is 35.1 Å². The molecular formula is C20H32BrN3O5. The third-order valence-electron chi connectivity index (χ3n) is 6.14. The van der Waals surface area contributed by atoms with Gasteiger partial charge in [0.15, 0.2) is 0 Å². The lowest BCUT2D eigenvalue weighted by Crippen LogP contribution is -2.58. The average molecular weight is 474 g/mol. The first-order valence-electron chi connectivity index (χ1n) is 10.3. The molecule has 6 atom stereocenters. The van der Waals surface area contributed by atoms with Gasteiger partial charge in [0.25, 0.3) is 0 Å². The molecule has 3 aliphatic rings. The number of rotatable bonds is 7. The van der Waals surface area contributed by atoms with Gasteiger partial charge < -0.3 is 25.4 Å². The number of halogens is 1. The number of hydrogen-bond acceptors (Lipinski definition) is 5. The van der Waals surface area contributed by atoms with Crippen LogP contribution in [0.15, 0.2) is 0 Å². The van der Waals surface area contributed by atoms with Crippen molar-refractivity contribution in [3.8, 4) is 0 Å². The van der Waals surface area contributed by atoms with Gasteiger partial charge in [0.1, 0.15) is 11.6 Å². The predicted molar refractivity (Wildman–Crippen MR) is 110 cm³/mol. The predicted octanol–water partition coefficient (Wildman–Crippen LogP) is 0.558. The van der Waals surface area contributed by atoms with E-state index in [4.69, 9.17) is 9.84 Å². The van der Waals surface area contributed by atoms with Gasteiger partial charge in [-0.3, -0.25) is 14.4 Å². The molecule has 0 aromatic rings. The summed E-state index contributed by atoms with van der Waals surface area (Å²) >= 11 is 3.62. The van der Waals surface area contributed by atoms with Crippen LogP contribution in [0.4, 0.5) is 0 Å². The molecule has 164 valence electrons. The van der Waals surface area contributed by atoms with Crippen LogP contribution >= 0.6 is 15.9 Å². The van der Waals surface area contributed by atoms with Crippen LogP contribution in [0, 0.1) is 11.8 Å². The van der Waals surface area contributed by atoms with Gasteiger partial charge in [-0.2, -0.15) is 0 Å². The van der Waals surface area contributed by atoms with Gasteiger partial charge in [-0.05, 0) is 46.5 Å². The zero-order chi connectivity index (χ0) is 21.6. The first-order valence-corrected chi connectivity index (χ1v) is 11.3. The van der Waals surface area contributed by atoms with Crippen LogP contribution < -0.4 is 10.6 Å².